The van der Waals surface area contributed by atoms with Crippen molar-refractivity contribution in [1.82, 2.24) is 5.32 Å². The summed E-state index contributed by atoms with van der Waals surface area (Å²) in [5.74, 6) is 0.475. The lowest BCUT2D eigenvalue weighted by molar-refractivity contribution is -0.129. The Morgan fingerprint density at radius 3 is 2.43 bits per heavy atom. The van der Waals surface area contributed by atoms with E-state index in [-0.39, 0.29) is 16.9 Å². The van der Waals surface area contributed by atoms with E-state index in [2.05, 4.69) is 26.1 Å². The minimum Gasteiger partial charge on any atom is -0.481 e. The molecule has 0 radical (unpaired) electrons. The van der Waals surface area contributed by atoms with E-state index in [0.29, 0.717) is 10.8 Å². The quantitative estimate of drug-likeness (QED) is 0.873. The molecular formula is C17H26ClNO2. The van der Waals surface area contributed by atoms with E-state index in [4.69, 9.17) is 16.3 Å². The van der Waals surface area contributed by atoms with Crippen molar-refractivity contribution >= 4 is 17.5 Å². The Bertz CT molecular complexity index is 492. The van der Waals surface area contributed by atoms with Gasteiger partial charge in [-0.3, -0.25) is 4.79 Å². The van der Waals surface area contributed by atoms with Crippen molar-refractivity contribution in [2.75, 3.05) is 0 Å². The molecular weight excluding hydrogens is 286 g/mol. The van der Waals surface area contributed by atoms with Crippen molar-refractivity contribution < 1.29 is 9.53 Å². The molecule has 0 spiro atoms. The van der Waals surface area contributed by atoms with Crippen molar-refractivity contribution in [3.63, 3.8) is 0 Å². The summed E-state index contributed by atoms with van der Waals surface area (Å²) in [5.41, 5.74) is -0.130. The summed E-state index contributed by atoms with van der Waals surface area (Å²) in [6, 6.07) is 7.05. The molecule has 0 heterocycles. The van der Waals surface area contributed by atoms with Crippen molar-refractivity contribution in [3.05, 3.63) is 29.3 Å². The molecule has 0 aliphatic rings. The molecule has 118 valence electrons. The molecule has 0 fully saturated rings. The van der Waals surface area contributed by atoms with Crippen molar-refractivity contribution in [3.8, 4) is 5.75 Å². The van der Waals surface area contributed by atoms with Crippen LogP contribution in [0, 0.1) is 5.41 Å². The molecule has 0 saturated heterocycles. The van der Waals surface area contributed by atoms with Crippen LogP contribution in [0.15, 0.2) is 24.3 Å². The zero-order chi connectivity index (χ0) is 16.3. The lowest BCUT2D eigenvalue weighted by Gasteiger charge is -2.34. The van der Waals surface area contributed by atoms with E-state index in [1.54, 1.807) is 31.2 Å². The average Bonchev–Trinajstić information content (AvgIpc) is 2.24. The number of hydrogen-bond acceptors (Lipinski definition) is 2. The predicted octanol–water partition coefficient (Wildman–Crippen LogP) is 4.44. The van der Waals surface area contributed by atoms with Gasteiger partial charge in [0.25, 0.3) is 5.91 Å². The molecule has 1 N–H and O–H groups in total. The van der Waals surface area contributed by atoms with Crippen LogP contribution in [0.4, 0.5) is 0 Å². The Morgan fingerprint density at radius 1 is 1.29 bits per heavy atom. The lowest BCUT2D eigenvalue weighted by Crippen LogP contribution is -2.50. The van der Waals surface area contributed by atoms with Gasteiger partial charge in [-0.1, -0.05) is 38.4 Å². The second-order valence-electron chi connectivity index (χ2n) is 7.33. The highest BCUT2D eigenvalue weighted by atomic mass is 35.5. The summed E-state index contributed by atoms with van der Waals surface area (Å²) in [5, 5.41) is 3.64. The highest BCUT2D eigenvalue weighted by Gasteiger charge is 2.29. The molecule has 1 rings (SSSR count). The summed E-state index contributed by atoms with van der Waals surface area (Å²) in [6.45, 7) is 12.3. The third-order valence-electron chi connectivity index (χ3n) is 2.91. The Balaban J connectivity index is 2.62. The molecule has 0 aliphatic carbocycles. The van der Waals surface area contributed by atoms with Crippen molar-refractivity contribution in [2.24, 2.45) is 5.41 Å². The lowest BCUT2D eigenvalue weighted by atomic mass is 9.81. The molecule has 0 unspecified atom stereocenters. The summed E-state index contributed by atoms with van der Waals surface area (Å²) in [4.78, 5) is 12.3. The molecule has 0 saturated carbocycles. The first kappa shape index (κ1) is 17.8. The Morgan fingerprint density at radius 2 is 1.90 bits per heavy atom. The first-order chi connectivity index (χ1) is 9.48. The van der Waals surface area contributed by atoms with Crippen LogP contribution >= 0.6 is 11.6 Å². The van der Waals surface area contributed by atoms with Crippen LogP contribution in [-0.2, 0) is 4.79 Å². The van der Waals surface area contributed by atoms with Crippen LogP contribution < -0.4 is 10.1 Å². The second kappa shape index (κ2) is 6.69. The number of halogens is 1. The molecule has 4 heteroatoms. The number of benzene rings is 1. The van der Waals surface area contributed by atoms with E-state index >= 15 is 0 Å². The largest absolute Gasteiger partial charge is 0.481 e. The topological polar surface area (TPSA) is 38.3 Å². The number of nitrogens with one attached hydrogen (secondary N) is 1. The van der Waals surface area contributed by atoms with Crippen LogP contribution in [0.1, 0.15) is 48.0 Å². The first-order valence-corrected chi connectivity index (χ1v) is 7.61. The van der Waals surface area contributed by atoms with Gasteiger partial charge in [-0.05, 0) is 50.8 Å². The standard InChI is InChI=1S/C17H26ClNO2/c1-12(21-14-9-7-8-13(18)10-14)15(20)19-17(5,6)11-16(2,3)4/h7-10,12H,11H2,1-6H3,(H,19,20)/t12-/m1/s1. The molecule has 1 amide bonds. The van der Waals surface area contributed by atoms with Gasteiger partial charge in [0.1, 0.15) is 5.75 Å². The van der Waals surface area contributed by atoms with Gasteiger partial charge in [-0.15, -0.1) is 0 Å². The Labute approximate surface area is 133 Å². The SMILES string of the molecule is C[C@@H](Oc1cccc(Cl)c1)C(=O)NC(C)(C)CC(C)(C)C. The molecule has 1 aromatic rings. The van der Waals surface area contributed by atoms with Gasteiger partial charge in [0.2, 0.25) is 0 Å². The highest BCUT2D eigenvalue weighted by molar-refractivity contribution is 6.30. The van der Waals surface area contributed by atoms with E-state index < -0.39 is 6.10 Å². The molecule has 21 heavy (non-hydrogen) atoms. The number of hydrogen-bond donors (Lipinski definition) is 1. The molecule has 1 aromatic carbocycles. The maximum absolute atomic E-state index is 12.3. The van der Waals surface area contributed by atoms with E-state index in [9.17, 15) is 4.79 Å². The van der Waals surface area contributed by atoms with Crippen LogP contribution in [0.25, 0.3) is 0 Å². The van der Waals surface area contributed by atoms with Gasteiger partial charge in [0.05, 0.1) is 0 Å². The maximum atomic E-state index is 12.3. The Kier molecular flexibility index (Phi) is 5.68. The van der Waals surface area contributed by atoms with E-state index in [1.807, 2.05) is 13.8 Å². The fourth-order valence-electron chi connectivity index (χ4n) is 2.60. The van der Waals surface area contributed by atoms with E-state index in [0.717, 1.165) is 6.42 Å². The zero-order valence-corrected chi connectivity index (χ0v) is 14.5. The molecule has 1 atom stereocenters. The van der Waals surface area contributed by atoms with Crippen LogP contribution in [0.2, 0.25) is 5.02 Å². The third kappa shape index (κ3) is 6.85. The van der Waals surface area contributed by atoms with Crippen molar-refractivity contribution in [2.45, 2.75) is 59.6 Å². The van der Waals surface area contributed by atoms with Crippen LogP contribution in [0.3, 0.4) is 0 Å². The summed E-state index contributed by atoms with van der Waals surface area (Å²) >= 11 is 5.91. The normalized spacial score (nSPS) is 13.7. The van der Waals surface area contributed by atoms with Crippen LogP contribution in [-0.4, -0.2) is 17.6 Å². The van der Waals surface area contributed by atoms with Gasteiger partial charge in [0, 0.05) is 10.6 Å². The fourth-order valence-corrected chi connectivity index (χ4v) is 2.78. The molecule has 0 aromatic heterocycles. The van der Waals surface area contributed by atoms with Gasteiger partial charge in [-0.25, -0.2) is 0 Å². The molecule has 0 bridgehead atoms. The summed E-state index contributed by atoms with van der Waals surface area (Å²) in [7, 11) is 0. The third-order valence-corrected chi connectivity index (χ3v) is 3.15. The molecule has 3 nitrogen and oxygen atoms in total. The monoisotopic (exact) mass is 311 g/mol. The summed E-state index contributed by atoms with van der Waals surface area (Å²) in [6.07, 6.45) is 0.318. The second-order valence-corrected chi connectivity index (χ2v) is 7.76. The minimum absolute atomic E-state index is 0.121. The Hall–Kier alpha value is -1.22. The first-order valence-electron chi connectivity index (χ1n) is 7.23. The number of carbonyl (C=O) groups is 1. The number of rotatable bonds is 5. The average molecular weight is 312 g/mol. The maximum Gasteiger partial charge on any atom is 0.261 e. The van der Waals surface area contributed by atoms with Gasteiger partial charge < -0.3 is 10.1 Å². The minimum atomic E-state index is -0.567. The summed E-state index contributed by atoms with van der Waals surface area (Å²) < 4.78 is 5.64. The van der Waals surface area contributed by atoms with Gasteiger partial charge >= 0.3 is 0 Å². The number of ether oxygens (including phenoxy) is 1. The highest BCUT2D eigenvalue weighted by Crippen LogP contribution is 2.27. The van der Waals surface area contributed by atoms with Crippen LogP contribution in [0.5, 0.6) is 5.75 Å². The predicted molar refractivity (Wildman–Crippen MR) is 87.8 cm³/mol. The zero-order valence-electron chi connectivity index (χ0n) is 13.8. The molecule has 0 aliphatic heterocycles. The fraction of sp³-hybridized carbons (Fsp3) is 0.588. The number of amides is 1. The van der Waals surface area contributed by atoms with Gasteiger partial charge in [0.15, 0.2) is 6.10 Å². The smallest absolute Gasteiger partial charge is 0.261 e. The van der Waals surface area contributed by atoms with Crippen molar-refractivity contribution in [1.29, 1.82) is 0 Å². The number of carbonyl (C=O) groups excluding carboxylic acids is 1. The van der Waals surface area contributed by atoms with E-state index in [1.165, 1.54) is 0 Å². The van der Waals surface area contributed by atoms with Gasteiger partial charge in [-0.2, -0.15) is 0 Å².